The van der Waals surface area contributed by atoms with E-state index in [1.54, 1.807) is 0 Å². The van der Waals surface area contributed by atoms with Crippen molar-refractivity contribution in [2.45, 2.75) is 90.1 Å². The molecule has 0 amide bonds. The van der Waals surface area contributed by atoms with Crippen molar-refractivity contribution in [1.82, 2.24) is 5.32 Å². The molecule has 94 valence electrons. The summed E-state index contributed by atoms with van der Waals surface area (Å²) in [5.74, 6) is 0. The molecule has 2 aliphatic carbocycles. The molecule has 1 N–H and O–H groups in total. The molecule has 2 atom stereocenters. The molecule has 1 spiro atoms. The van der Waals surface area contributed by atoms with E-state index in [1.807, 2.05) is 0 Å². The summed E-state index contributed by atoms with van der Waals surface area (Å²) >= 11 is 0. The van der Waals surface area contributed by atoms with E-state index in [4.69, 9.17) is 0 Å². The first kappa shape index (κ1) is 12.4. The summed E-state index contributed by atoms with van der Waals surface area (Å²) in [4.78, 5) is 0. The largest absolute Gasteiger partial charge is 0.311 e. The lowest BCUT2D eigenvalue weighted by Gasteiger charge is -2.53. The van der Waals surface area contributed by atoms with Crippen LogP contribution >= 0.6 is 0 Å². The Labute approximate surface area is 101 Å². The average Bonchev–Trinajstić information content (AvgIpc) is 2.34. The molecule has 0 heterocycles. The van der Waals surface area contributed by atoms with Gasteiger partial charge in [-0.1, -0.05) is 39.5 Å². The van der Waals surface area contributed by atoms with E-state index < -0.39 is 0 Å². The molecule has 0 radical (unpaired) electrons. The normalized spacial score (nSPS) is 30.0. The van der Waals surface area contributed by atoms with Gasteiger partial charge in [-0.15, -0.1) is 0 Å². The van der Waals surface area contributed by atoms with Crippen molar-refractivity contribution in [3.8, 4) is 0 Å². The lowest BCUT2D eigenvalue weighted by molar-refractivity contribution is 0.0154. The minimum absolute atomic E-state index is 0.736. The van der Waals surface area contributed by atoms with Crippen LogP contribution in [0.25, 0.3) is 0 Å². The van der Waals surface area contributed by atoms with Crippen LogP contribution in [0, 0.1) is 5.41 Å². The summed E-state index contributed by atoms with van der Waals surface area (Å²) in [6, 6.07) is 1.65. The summed E-state index contributed by atoms with van der Waals surface area (Å²) < 4.78 is 0. The number of hydrogen-bond acceptors (Lipinski definition) is 1. The lowest BCUT2D eigenvalue weighted by Crippen LogP contribution is -2.56. The topological polar surface area (TPSA) is 12.0 Å². The zero-order chi connectivity index (χ0) is 11.4. The van der Waals surface area contributed by atoms with Gasteiger partial charge in [0.05, 0.1) is 0 Å². The van der Waals surface area contributed by atoms with E-state index in [2.05, 4.69) is 19.2 Å². The standard InChI is InChI=1S/C15H29N/c1-3-8-13(4-2)16-14-9-12-15(14)10-6-5-7-11-15/h13-14,16H,3-12H2,1-2H3. The molecule has 2 fully saturated rings. The summed E-state index contributed by atoms with van der Waals surface area (Å²) in [5.41, 5.74) is 0.736. The maximum Gasteiger partial charge on any atom is 0.0126 e. The van der Waals surface area contributed by atoms with Crippen molar-refractivity contribution < 1.29 is 0 Å². The van der Waals surface area contributed by atoms with Gasteiger partial charge in [-0.25, -0.2) is 0 Å². The summed E-state index contributed by atoms with van der Waals surface area (Å²) in [7, 11) is 0. The van der Waals surface area contributed by atoms with Gasteiger partial charge in [-0.05, 0) is 43.9 Å². The lowest BCUT2D eigenvalue weighted by atomic mass is 9.57. The van der Waals surface area contributed by atoms with Crippen molar-refractivity contribution >= 4 is 0 Å². The zero-order valence-electron chi connectivity index (χ0n) is 11.2. The second-order valence-corrected chi connectivity index (χ2v) is 6.07. The Morgan fingerprint density at radius 2 is 1.88 bits per heavy atom. The predicted molar refractivity (Wildman–Crippen MR) is 70.7 cm³/mol. The van der Waals surface area contributed by atoms with E-state index >= 15 is 0 Å². The SMILES string of the molecule is CCCC(CC)NC1CCC12CCCCC2. The van der Waals surface area contributed by atoms with Crippen LogP contribution in [0.4, 0.5) is 0 Å². The van der Waals surface area contributed by atoms with Crippen LogP contribution in [0.2, 0.25) is 0 Å². The molecule has 0 aromatic heterocycles. The van der Waals surface area contributed by atoms with Crippen molar-refractivity contribution in [1.29, 1.82) is 0 Å². The van der Waals surface area contributed by atoms with Crippen LogP contribution in [0.3, 0.4) is 0 Å². The van der Waals surface area contributed by atoms with E-state index in [9.17, 15) is 0 Å². The van der Waals surface area contributed by atoms with Crippen LogP contribution in [-0.2, 0) is 0 Å². The number of hydrogen-bond donors (Lipinski definition) is 1. The van der Waals surface area contributed by atoms with Gasteiger partial charge in [0.2, 0.25) is 0 Å². The molecule has 2 rings (SSSR count). The first-order chi connectivity index (χ1) is 7.80. The zero-order valence-corrected chi connectivity index (χ0v) is 11.2. The van der Waals surface area contributed by atoms with E-state index in [0.717, 1.165) is 17.5 Å². The maximum atomic E-state index is 3.96. The Morgan fingerprint density at radius 3 is 2.38 bits per heavy atom. The van der Waals surface area contributed by atoms with Gasteiger partial charge in [0.1, 0.15) is 0 Å². The maximum absolute atomic E-state index is 3.96. The van der Waals surface area contributed by atoms with E-state index in [-0.39, 0.29) is 0 Å². The first-order valence-corrected chi connectivity index (χ1v) is 7.57. The van der Waals surface area contributed by atoms with Crippen LogP contribution in [0.15, 0.2) is 0 Å². The van der Waals surface area contributed by atoms with Crippen molar-refractivity contribution in [3.63, 3.8) is 0 Å². The van der Waals surface area contributed by atoms with Crippen LogP contribution in [0.1, 0.15) is 78.1 Å². The Bertz CT molecular complexity index is 205. The van der Waals surface area contributed by atoms with Gasteiger partial charge < -0.3 is 5.32 Å². The second kappa shape index (κ2) is 5.53. The Kier molecular flexibility index (Phi) is 4.29. The van der Waals surface area contributed by atoms with Gasteiger partial charge >= 0.3 is 0 Å². The van der Waals surface area contributed by atoms with Crippen molar-refractivity contribution in [2.24, 2.45) is 5.41 Å². The molecule has 0 aliphatic heterocycles. The molecule has 2 unspecified atom stereocenters. The highest BCUT2D eigenvalue weighted by Gasteiger charge is 2.46. The highest BCUT2D eigenvalue weighted by Crippen LogP contribution is 2.51. The molecule has 1 heteroatoms. The third-order valence-electron chi connectivity index (χ3n) is 5.09. The van der Waals surface area contributed by atoms with Gasteiger partial charge in [-0.3, -0.25) is 0 Å². The highest BCUT2D eigenvalue weighted by atomic mass is 15.0. The number of rotatable bonds is 5. The minimum atomic E-state index is 0.736. The minimum Gasteiger partial charge on any atom is -0.311 e. The fourth-order valence-electron chi connectivity index (χ4n) is 3.85. The summed E-state index contributed by atoms with van der Waals surface area (Å²) in [6.07, 6.45) is 14.4. The van der Waals surface area contributed by atoms with Crippen LogP contribution < -0.4 is 5.32 Å². The highest BCUT2D eigenvalue weighted by molar-refractivity contribution is 5.02. The quantitative estimate of drug-likeness (QED) is 0.734. The first-order valence-electron chi connectivity index (χ1n) is 7.57. The molecule has 2 saturated carbocycles. The molecule has 0 bridgehead atoms. The Morgan fingerprint density at radius 1 is 1.12 bits per heavy atom. The smallest absolute Gasteiger partial charge is 0.0126 e. The molecular weight excluding hydrogens is 194 g/mol. The molecule has 1 nitrogen and oxygen atoms in total. The van der Waals surface area contributed by atoms with E-state index in [1.165, 1.54) is 64.2 Å². The molecule has 0 aromatic carbocycles. The molecule has 2 aliphatic rings. The van der Waals surface area contributed by atoms with Crippen LogP contribution in [-0.4, -0.2) is 12.1 Å². The monoisotopic (exact) mass is 223 g/mol. The van der Waals surface area contributed by atoms with Gasteiger partial charge in [0.15, 0.2) is 0 Å². The number of nitrogens with one attached hydrogen (secondary N) is 1. The van der Waals surface area contributed by atoms with Gasteiger partial charge in [0.25, 0.3) is 0 Å². The second-order valence-electron chi connectivity index (χ2n) is 6.07. The molecular formula is C15H29N. The van der Waals surface area contributed by atoms with Crippen LogP contribution in [0.5, 0.6) is 0 Å². The third kappa shape index (κ3) is 2.45. The summed E-state index contributed by atoms with van der Waals surface area (Å²) in [6.45, 7) is 4.64. The Hall–Kier alpha value is -0.0400. The molecule has 16 heavy (non-hydrogen) atoms. The van der Waals surface area contributed by atoms with Crippen molar-refractivity contribution in [3.05, 3.63) is 0 Å². The van der Waals surface area contributed by atoms with Gasteiger partial charge in [-0.2, -0.15) is 0 Å². The predicted octanol–water partition coefficient (Wildman–Crippen LogP) is 4.27. The average molecular weight is 223 g/mol. The Balaban J connectivity index is 1.84. The fourth-order valence-corrected chi connectivity index (χ4v) is 3.85. The molecule has 0 aromatic rings. The third-order valence-corrected chi connectivity index (χ3v) is 5.09. The molecule has 0 saturated heterocycles. The fraction of sp³-hybridized carbons (Fsp3) is 1.00. The van der Waals surface area contributed by atoms with Gasteiger partial charge in [0, 0.05) is 12.1 Å². The van der Waals surface area contributed by atoms with Crippen molar-refractivity contribution in [2.75, 3.05) is 0 Å². The van der Waals surface area contributed by atoms with E-state index in [0.29, 0.717) is 0 Å². The summed E-state index contributed by atoms with van der Waals surface area (Å²) in [5, 5.41) is 3.96.